The number of nitro groups is 1. The van der Waals surface area contributed by atoms with Gasteiger partial charge in [-0.05, 0) is 11.6 Å². The molecule has 0 unspecified atom stereocenters. The molecule has 7 nitrogen and oxygen atoms in total. The molecule has 0 fully saturated rings. The van der Waals surface area contributed by atoms with E-state index in [1.165, 1.54) is 41.3 Å². The van der Waals surface area contributed by atoms with Gasteiger partial charge in [0, 0.05) is 11.8 Å². The second kappa shape index (κ2) is 9.06. The highest BCUT2D eigenvalue weighted by Gasteiger charge is 2.20. The van der Waals surface area contributed by atoms with E-state index in [2.05, 4.69) is 15.5 Å². The van der Waals surface area contributed by atoms with E-state index in [0.717, 1.165) is 5.56 Å². The van der Waals surface area contributed by atoms with Crippen LogP contribution in [-0.4, -0.2) is 26.8 Å². The summed E-state index contributed by atoms with van der Waals surface area (Å²) in [6.45, 7) is 0. The van der Waals surface area contributed by atoms with Gasteiger partial charge in [0.15, 0.2) is 4.34 Å². The van der Waals surface area contributed by atoms with E-state index >= 15 is 0 Å². The second-order valence-electron chi connectivity index (χ2n) is 5.23. The van der Waals surface area contributed by atoms with Crippen molar-refractivity contribution < 1.29 is 9.72 Å². The number of nitrogens with zero attached hydrogens (tertiary/aromatic N) is 3. The van der Waals surface area contributed by atoms with Crippen molar-refractivity contribution in [2.75, 3.05) is 11.1 Å². The number of nitrogens with one attached hydrogen (secondary N) is 1. The normalized spacial score (nSPS) is 10.8. The summed E-state index contributed by atoms with van der Waals surface area (Å²) < 4.78 is 0.700. The number of hydrogen-bond donors (Lipinski definition) is 1. The van der Waals surface area contributed by atoms with Crippen molar-refractivity contribution >= 4 is 45.9 Å². The third-order valence-electron chi connectivity index (χ3n) is 3.39. The van der Waals surface area contributed by atoms with Crippen molar-refractivity contribution in [2.45, 2.75) is 4.34 Å². The largest absolute Gasteiger partial charge is 0.296 e. The molecule has 0 saturated heterocycles. The third kappa shape index (κ3) is 5.22. The van der Waals surface area contributed by atoms with Crippen LogP contribution in [0.2, 0.25) is 0 Å². The molecule has 136 valence electrons. The maximum Gasteiger partial charge on any atom is 0.282 e. The fourth-order valence-electron chi connectivity index (χ4n) is 2.18. The van der Waals surface area contributed by atoms with Crippen molar-refractivity contribution in [3.8, 4) is 0 Å². The molecule has 1 N–H and O–H groups in total. The molecule has 3 aromatic rings. The summed E-state index contributed by atoms with van der Waals surface area (Å²) in [6.07, 6.45) is 4.04. The predicted molar refractivity (Wildman–Crippen MR) is 107 cm³/mol. The molecule has 2 aromatic carbocycles. The standard InChI is InChI=1S/C18H14N4O3S2/c23-16(14-10-4-5-11-15(14)22(24)25)19-17-20-21-18(27-17)26-12-6-9-13-7-2-1-3-8-13/h1-11H,12H2,(H,19,20,23). The number of hydrogen-bond acceptors (Lipinski definition) is 7. The van der Waals surface area contributed by atoms with Gasteiger partial charge in [-0.25, -0.2) is 0 Å². The number of benzene rings is 2. The van der Waals surface area contributed by atoms with Crippen LogP contribution >= 0.6 is 23.1 Å². The van der Waals surface area contributed by atoms with Crippen LogP contribution in [0.15, 0.2) is 65.0 Å². The lowest BCUT2D eigenvalue weighted by Gasteiger charge is -2.01. The SMILES string of the molecule is O=C(Nc1nnc(SCC=Cc2ccccc2)s1)c1ccccc1[N+](=O)[O-]. The zero-order chi connectivity index (χ0) is 19.1. The Balaban J connectivity index is 1.57. The predicted octanol–water partition coefficient (Wildman–Crippen LogP) is 4.50. The number of para-hydroxylation sites is 1. The molecule has 0 bridgehead atoms. The minimum atomic E-state index is -0.588. The summed E-state index contributed by atoms with van der Waals surface area (Å²) in [5, 5.41) is 21.8. The van der Waals surface area contributed by atoms with Gasteiger partial charge in [-0.1, -0.05) is 77.7 Å². The van der Waals surface area contributed by atoms with Gasteiger partial charge in [-0.2, -0.15) is 0 Å². The number of aromatic nitrogens is 2. The average molecular weight is 398 g/mol. The van der Waals surface area contributed by atoms with Gasteiger partial charge >= 0.3 is 0 Å². The van der Waals surface area contributed by atoms with Gasteiger partial charge in [0.25, 0.3) is 11.6 Å². The van der Waals surface area contributed by atoms with Gasteiger partial charge in [0.05, 0.1) is 4.92 Å². The monoisotopic (exact) mass is 398 g/mol. The highest BCUT2D eigenvalue weighted by molar-refractivity contribution is 8.01. The summed E-state index contributed by atoms with van der Waals surface area (Å²) in [5.74, 6) is 0.126. The molecule has 0 aliphatic heterocycles. The molecular formula is C18H14N4O3S2. The Morgan fingerprint density at radius 3 is 2.67 bits per heavy atom. The summed E-state index contributed by atoms with van der Waals surface area (Å²) in [4.78, 5) is 22.7. The molecule has 27 heavy (non-hydrogen) atoms. The molecule has 0 atom stereocenters. The van der Waals surface area contributed by atoms with Crippen LogP contribution in [0, 0.1) is 10.1 Å². The zero-order valence-electron chi connectivity index (χ0n) is 13.9. The first-order valence-electron chi connectivity index (χ1n) is 7.86. The Hall–Kier alpha value is -3.04. The van der Waals surface area contributed by atoms with Gasteiger partial charge in [-0.15, -0.1) is 10.2 Å². The van der Waals surface area contributed by atoms with Gasteiger partial charge in [0.2, 0.25) is 5.13 Å². The first-order chi connectivity index (χ1) is 13.1. The fraction of sp³-hybridized carbons (Fsp3) is 0.0556. The van der Waals surface area contributed by atoms with E-state index in [1.54, 1.807) is 6.07 Å². The zero-order valence-corrected chi connectivity index (χ0v) is 15.6. The topological polar surface area (TPSA) is 98.0 Å². The van der Waals surface area contributed by atoms with Gasteiger partial charge < -0.3 is 0 Å². The van der Waals surface area contributed by atoms with E-state index in [-0.39, 0.29) is 11.3 Å². The first kappa shape index (κ1) is 18.7. The maximum atomic E-state index is 12.3. The average Bonchev–Trinajstić information content (AvgIpc) is 3.13. The Labute approximate surface area is 163 Å². The highest BCUT2D eigenvalue weighted by Crippen LogP contribution is 2.27. The van der Waals surface area contributed by atoms with E-state index in [9.17, 15) is 14.9 Å². The lowest BCUT2D eigenvalue weighted by molar-refractivity contribution is -0.385. The van der Waals surface area contributed by atoms with Crippen LogP contribution in [0.1, 0.15) is 15.9 Å². The number of carbonyl (C=O) groups excluding carboxylic acids is 1. The van der Waals surface area contributed by atoms with Crippen molar-refractivity contribution in [1.29, 1.82) is 0 Å². The van der Waals surface area contributed by atoms with E-state index in [1.807, 2.05) is 42.5 Å². The summed E-state index contributed by atoms with van der Waals surface area (Å²) >= 11 is 2.71. The van der Waals surface area contributed by atoms with Crippen LogP contribution < -0.4 is 5.32 Å². The summed E-state index contributed by atoms with van der Waals surface area (Å²) in [5.41, 5.74) is 0.852. The quantitative estimate of drug-likeness (QED) is 0.272. The Morgan fingerprint density at radius 2 is 1.89 bits per heavy atom. The van der Waals surface area contributed by atoms with Crippen LogP contribution in [-0.2, 0) is 0 Å². The van der Waals surface area contributed by atoms with Crippen LogP contribution in [0.3, 0.4) is 0 Å². The number of carbonyl (C=O) groups is 1. The molecule has 0 spiro atoms. The van der Waals surface area contributed by atoms with E-state index < -0.39 is 10.8 Å². The number of anilines is 1. The summed E-state index contributed by atoms with van der Waals surface area (Å²) in [7, 11) is 0. The number of amides is 1. The molecule has 9 heteroatoms. The third-order valence-corrected chi connectivity index (χ3v) is 5.31. The molecular weight excluding hydrogens is 384 g/mol. The number of nitro benzene ring substituents is 1. The minimum absolute atomic E-state index is 0.0160. The Bertz CT molecular complexity index is 974. The molecule has 0 saturated carbocycles. The fourth-order valence-corrected chi connectivity index (χ4v) is 3.76. The van der Waals surface area contributed by atoms with E-state index in [4.69, 9.17) is 0 Å². The summed E-state index contributed by atoms with van der Waals surface area (Å²) in [6, 6.07) is 15.7. The second-order valence-corrected chi connectivity index (χ2v) is 7.47. The van der Waals surface area contributed by atoms with Crippen LogP contribution in [0.5, 0.6) is 0 Å². The van der Waals surface area contributed by atoms with Crippen LogP contribution in [0.4, 0.5) is 10.8 Å². The van der Waals surface area contributed by atoms with Gasteiger partial charge in [-0.3, -0.25) is 20.2 Å². The first-order valence-corrected chi connectivity index (χ1v) is 9.66. The van der Waals surface area contributed by atoms with Gasteiger partial charge in [0.1, 0.15) is 5.56 Å². The van der Waals surface area contributed by atoms with Crippen LogP contribution in [0.25, 0.3) is 6.08 Å². The van der Waals surface area contributed by atoms with E-state index in [0.29, 0.717) is 15.2 Å². The molecule has 3 rings (SSSR count). The molecule has 1 aromatic heterocycles. The number of rotatable bonds is 7. The van der Waals surface area contributed by atoms with Crippen molar-refractivity contribution in [1.82, 2.24) is 10.2 Å². The molecule has 1 heterocycles. The lowest BCUT2D eigenvalue weighted by Crippen LogP contribution is -2.13. The maximum absolute atomic E-state index is 12.3. The van der Waals surface area contributed by atoms with Crippen molar-refractivity contribution in [3.63, 3.8) is 0 Å². The Morgan fingerprint density at radius 1 is 1.15 bits per heavy atom. The molecule has 1 amide bonds. The molecule has 0 aliphatic carbocycles. The molecule has 0 radical (unpaired) electrons. The highest BCUT2D eigenvalue weighted by atomic mass is 32.2. The molecule has 0 aliphatic rings. The van der Waals surface area contributed by atoms with Crippen molar-refractivity contribution in [3.05, 3.63) is 81.9 Å². The Kier molecular flexibility index (Phi) is 6.29. The minimum Gasteiger partial charge on any atom is -0.296 e. The lowest BCUT2D eigenvalue weighted by atomic mass is 10.1. The smallest absolute Gasteiger partial charge is 0.282 e. The number of thioether (sulfide) groups is 1. The van der Waals surface area contributed by atoms with Crippen molar-refractivity contribution in [2.24, 2.45) is 0 Å².